The van der Waals surface area contributed by atoms with Gasteiger partial charge in [-0.1, -0.05) is 6.07 Å². The second kappa shape index (κ2) is 6.50. The highest BCUT2D eigenvalue weighted by Crippen LogP contribution is 2.29. The number of halogens is 2. The number of methoxy groups -OCH3 is 1. The highest BCUT2D eigenvalue weighted by molar-refractivity contribution is 9.11. The van der Waals surface area contributed by atoms with Crippen molar-refractivity contribution in [2.24, 2.45) is 0 Å². The Morgan fingerprint density at radius 3 is 2.74 bits per heavy atom. The van der Waals surface area contributed by atoms with Gasteiger partial charge in [-0.3, -0.25) is 0 Å². The Morgan fingerprint density at radius 2 is 2.16 bits per heavy atom. The normalized spacial score (nSPS) is 12.4. The molecule has 1 unspecified atom stereocenters. The second-order valence-electron chi connectivity index (χ2n) is 4.15. The third-order valence-electron chi connectivity index (χ3n) is 2.96. The lowest BCUT2D eigenvalue weighted by Gasteiger charge is -2.17. The summed E-state index contributed by atoms with van der Waals surface area (Å²) in [5.74, 6) is -0.0509. The fourth-order valence-electron chi connectivity index (χ4n) is 1.94. The number of hydrogen-bond donors (Lipinski definition) is 1. The monoisotopic (exact) mass is 343 g/mol. The molecule has 2 aromatic rings. The first-order valence-electron chi connectivity index (χ1n) is 5.89. The van der Waals surface area contributed by atoms with Gasteiger partial charge in [-0.25, -0.2) is 4.39 Å². The molecule has 2 rings (SSSR count). The Balaban J connectivity index is 2.21. The smallest absolute Gasteiger partial charge is 0.165 e. The summed E-state index contributed by atoms with van der Waals surface area (Å²) in [4.78, 5) is 1.27. The van der Waals surface area contributed by atoms with Crippen molar-refractivity contribution in [3.63, 3.8) is 0 Å². The predicted octanol–water partition coefficient (Wildman–Crippen LogP) is 4.16. The fraction of sp³-hybridized carbons (Fsp3) is 0.286. The Hall–Kier alpha value is -0.910. The van der Waals surface area contributed by atoms with Crippen LogP contribution in [0.5, 0.6) is 5.75 Å². The Bertz CT molecular complexity index is 558. The molecule has 1 N–H and O–H groups in total. The van der Waals surface area contributed by atoms with Crippen LogP contribution in [0.25, 0.3) is 0 Å². The largest absolute Gasteiger partial charge is 0.494 e. The number of benzene rings is 1. The van der Waals surface area contributed by atoms with Gasteiger partial charge in [0.1, 0.15) is 0 Å². The molecule has 1 atom stereocenters. The minimum atomic E-state index is -0.333. The summed E-state index contributed by atoms with van der Waals surface area (Å²) in [5, 5.41) is 3.26. The molecule has 102 valence electrons. The van der Waals surface area contributed by atoms with Gasteiger partial charge in [0, 0.05) is 17.3 Å². The molecule has 1 aromatic heterocycles. The molecule has 0 amide bonds. The molecule has 0 fully saturated rings. The van der Waals surface area contributed by atoms with Gasteiger partial charge in [0.2, 0.25) is 0 Å². The molecule has 0 spiro atoms. The summed E-state index contributed by atoms with van der Waals surface area (Å²) in [5.41, 5.74) is 1.02. The van der Waals surface area contributed by atoms with Crippen LogP contribution in [0.15, 0.2) is 34.1 Å². The summed E-state index contributed by atoms with van der Waals surface area (Å²) >= 11 is 5.17. The lowest BCUT2D eigenvalue weighted by atomic mass is 10.0. The van der Waals surface area contributed by atoms with Crippen LogP contribution in [0.3, 0.4) is 0 Å². The zero-order valence-electron chi connectivity index (χ0n) is 10.7. The van der Waals surface area contributed by atoms with E-state index in [1.807, 2.05) is 13.1 Å². The second-order valence-corrected chi connectivity index (χ2v) is 6.69. The van der Waals surface area contributed by atoms with E-state index >= 15 is 0 Å². The van der Waals surface area contributed by atoms with Gasteiger partial charge in [-0.15, -0.1) is 11.3 Å². The number of hydrogen-bond acceptors (Lipinski definition) is 3. The molecule has 1 aromatic carbocycles. The average Bonchev–Trinajstić information content (AvgIpc) is 2.82. The molecule has 0 aliphatic carbocycles. The minimum absolute atomic E-state index is 0.139. The van der Waals surface area contributed by atoms with E-state index < -0.39 is 0 Å². The fourth-order valence-corrected chi connectivity index (χ4v) is 3.47. The molecule has 0 aliphatic rings. The van der Waals surface area contributed by atoms with Crippen molar-refractivity contribution >= 4 is 27.3 Å². The van der Waals surface area contributed by atoms with Crippen molar-refractivity contribution in [2.45, 2.75) is 12.5 Å². The number of likely N-dealkylation sites (N-methyl/N-ethyl adjacent to an activating group) is 1. The van der Waals surface area contributed by atoms with Gasteiger partial charge in [0.05, 0.1) is 10.9 Å². The van der Waals surface area contributed by atoms with Crippen molar-refractivity contribution in [1.29, 1.82) is 0 Å². The van der Waals surface area contributed by atoms with Gasteiger partial charge < -0.3 is 10.1 Å². The summed E-state index contributed by atoms with van der Waals surface area (Å²) in [6.07, 6.45) is 0.863. The first kappa shape index (κ1) is 14.5. The lowest BCUT2D eigenvalue weighted by Crippen LogP contribution is -2.18. The molecule has 19 heavy (non-hydrogen) atoms. The van der Waals surface area contributed by atoms with Gasteiger partial charge in [0.15, 0.2) is 11.6 Å². The van der Waals surface area contributed by atoms with Gasteiger partial charge in [-0.2, -0.15) is 0 Å². The van der Waals surface area contributed by atoms with Crippen LogP contribution in [-0.2, 0) is 6.42 Å². The highest BCUT2D eigenvalue weighted by Gasteiger charge is 2.14. The summed E-state index contributed by atoms with van der Waals surface area (Å²) in [7, 11) is 3.39. The molecule has 0 aliphatic heterocycles. The van der Waals surface area contributed by atoms with Crippen molar-refractivity contribution in [3.8, 4) is 5.75 Å². The molecule has 2 nitrogen and oxygen atoms in total. The first-order valence-corrected chi connectivity index (χ1v) is 7.50. The van der Waals surface area contributed by atoms with Crippen LogP contribution in [-0.4, -0.2) is 14.2 Å². The molecule has 5 heteroatoms. The molecule has 0 saturated heterocycles. The van der Waals surface area contributed by atoms with Crippen molar-refractivity contribution in [3.05, 3.63) is 50.4 Å². The summed E-state index contributed by atoms with van der Waals surface area (Å²) in [6.45, 7) is 0. The number of nitrogens with one attached hydrogen (secondary N) is 1. The number of thiophene rings is 1. The van der Waals surface area contributed by atoms with Crippen LogP contribution in [0.4, 0.5) is 4.39 Å². The van der Waals surface area contributed by atoms with E-state index in [2.05, 4.69) is 27.3 Å². The van der Waals surface area contributed by atoms with E-state index in [0.29, 0.717) is 0 Å². The lowest BCUT2D eigenvalue weighted by molar-refractivity contribution is 0.385. The van der Waals surface area contributed by atoms with Crippen LogP contribution in [0.1, 0.15) is 16.5 Å². The van der Waals surface area contributed by atoms with E-state index in [1.54, 1.807) is 23.5 Å². The van der Waals surface area contributed by atoms with E-state index in [0.717, 1.165) is 15.8 Å². The maximum Gasteiger partial charge on any atom is 0.165 e. The first-order chi connectivity index (χ1) is 9.13. The Labute approximate surface area is 124 Å². The van der Waals surface area contributed by atoms with Crippen LogP contribution < -0.4 is 10.1 Å². The van der Waals surface area contributed by atoms with Crippen LogP contribution in [0.2, 0.25) is 0 Å². The van der Waals surface area contributed by atoms with E-state index in [4.69, 9.17) is 4.74 Å². The highest BCUT2D eigenvalue weighted by atomic mass is 79.9. The molecule has 0 radical (unpaired) electrons. The average molecular weight is 344 g/mol. The minimum Gasteiger partial charge on any atom is -0.494 e. The standard InChI is InChI=1S/C14H15BrFNOS/c1-17-12(8-10-4-6-14(15)19-10)9-3-5-11(16)13(7-9)18-2/h3-7,12,17H,8H2,1-2H3. The number of ether oxygens (including phenoxy) is 1. The predicted molar refractivity (Wildman–Crippen MR) is 80.5 cm³/mol. The Kier molecular flexibility index (Phi) is 4.96. The molecular weight excluding hydrogens is 329 g/mol. The Morgan fingerprint density at radius 1 is 1.37 bits per heavy atom. The third kappa shape index (κ3) is 3.55. The van der Waals surface area contributed by atoms with Crippen molar-refractivity contribution in [1.82, 2.24) is 5.32 Å². The molecule has 0 bridgehead atoms. The van der Waals surface area contributed by atoms with Gasteiger partial charge in [0.25, 0.3) is 0 Å². The van der Waals surface area contributed by atoms with Crippen LogP contribution >= 0.6 is 27.3 Å². The molecule has 1 heterocycles. The van der Waals surface area contributed by atoms with E-state index in [-0.39, 0.29) is 17.6 Å². The van der Waals surface area contributed by atoms with Gasteiger partial charge in [-0.05, 0) is 52.8 Å². The summed E-state index contributed by atoms with van der Waals surface area (Å²) in [6, 6.07) is 9.27. The van der Waals surface area contributed by atoms with E-state index in [1.165, 1.54) is 18.1 Å². The zero-order chi connectivity index (χ0) is 13.8. The maximum atomic E-state index is 13.4. The van der Waals surface area contributed by atoms with Crippen molar-refractivity contribution < 1.29 is 9.13 Å². The number of rotatable bonds is 5. The third-order valence-corrected chi connectivity index (χ3v) is 4.61. The molecular formula is C14H15BrFNOS. The SMILES string of the molecule is CNC(Cc1ccc(Br)s1)c1ccc(F)c(OC)c1. The quantitative estimate of drug-likeness (QED) is 0.879. The zero-order valence-corrected chi connectivity index (χ0v) is 13.1. The van der Waals surface area contributed by atoms with Crippen molar-refractivity contribution in [2.75, 3.05) is 14.2 Å². The maximum absolute atomic E-state index is 13.4. The van der Waals surface area contributed by atoms with Crippen LogP contribution in [0, 0.1) is 5.82 Å². The van der Waals surface area contributed by atoms with E-state index in [9.17, 15) is 4.39 Å². The molecule has 0 saturated carbocycles. The topological polar surface area (TPSA) is 21.3 Å². The van der Waals surface area contributed by atoms with Gasteiger partial charge >= 0.3 is 0 Å². The summed E-state index contributed by atoms with van der Waals surface area (Å²) < 4.78 is 19.6.